The molecule has 2 amide bonds. The Hall–Kier alpha value is -2.89. The maximum atomic E-state index is 12.6. The average Bonchev–Trinajstić information content (AvgIpc) is 2.68. The number of fused-ring (bicyclic) bond motifs is 1. The number of nitrogens with one attached hydrogen (secondary N) is 1. The molecule has 0 saturated carbocycles. The van der Waals surface area contributed by atoms with E-state index in [1.54, 1.807) is 0 Å². The quantitative estimate of drug-likeness (QED) is 0.901. The fraction of sp³-hybridized carbons (Fsp3) is 0.350. The summed E-state index contributed by atoms with van der Waals surface area (Å²) in [5, 5.41) is 2.96. The normalized spacial score (nSPS) is 16.3. The van der Waals surface area contributed by atoms with Gasteiger partial charge in [-0.2, -0.15) is 0 Å². The fourth-order valence-corrected chi connectivity index (χ4v) is 3.39. The molecule has 1 saturated heterocycles. The van der Waals surface area contributed by atoms with Crippen LogP contribution >= 0.6 is 0 Å². The molecule has 0 bridgehead atoms. The molecule has 2 aromatic carbocycles. The lowest BCUT2D eigenvalue weighted by Crippen LogP contribution is -2.50. The Labute approximate surface area is 153 Å². The zero-order valence-corrected chi connectivity index (χ0v) is 14.9. The standard InChI is InChI=1S/C20H23N3O3/c1-15-4-2-3-5-17(15)22-8-10-23(11-9-22)20(24)21-16-6-7-18-19(14-16)26-13-12-25-18/h2-7,14H,8-13H2,1H3,(H,21,24). The predicted molar refractivity (Wildman–Crippen MR) is 101 cm³/mol. The van der Waals surface area contributed by atoms with Gasteiger partial charge in [0.05, 0.1) is 0 Å². The van der Waals surface area contributed by atoms with Crippen LogP contribution in [0.15, 0.2) is 42.5 Å². The molecule has 136 valence electrons. The van der Waals surface area contributed by atoms with Gasteiger partial charge in [-0.25, -0.2) is 4.79 Å². The summed E-state index contributed by atoms with van der Waals surface area (Å²) < 4.78 is 11.1. The van der Waals surface area contributed by atoms with E-state index in [2.05, 4.69) is 41.4 Å². The Balaban J connectivity index is 1.36. The molecule has 0 spiro atoms. The summed E-state index contributed by atoms with van der Waals surface area (Å²) in [4.78, 5) is 16.8. The Morgan fingerprint density at radius 2 is 1.69 bits per heavy atom. The number of carbonyl (C=O) groups excluding carboxylic acids is 1. The minimum atomic E-state index is -0.0777. The van der Waals surface area contributed by atoms with Crippen molar-refractivity contribution in [2.75, 3.05) is 49.6 Å². The highest BCUT2D eigenvalue weighted by molar-refractivity contribution is 5.90. The number of benzene rings is 2. The van der Waals surface area contributed by atoms with Crippen molar-refractivity contribution >= 4 is 17.4 Å². The number of anilines is 2. The summed E-state index contributed by atoms with van der Waals surface area (Å²) in [6.07, 6.45) is 0. The highest BCUT2D eigenvalue weighted by atomic mass is 16.6. The molecule has 6 heteroatoms. The molecule has 26 heavy (non-hydrogen) atoms. The lowest BCUT2D eigenvalue weighted by Gasteiger charge is -2.36. The van der Waals surface area contributed by atoms with Gasteiger partial charge in [-0.15, -0.1) is 0 Å². The van der Waals surface area contributed by atoms with Gasteiger partial charge in [0.15, 0.2) is 11.5 Å². The summed E-state index contributed by atoms with van der Waals surface area (Å²) in [5.74, 6) is 1.40. The second kappa shape index (κ2) is 7.15. The molecule has 0 aliphatic carbocycles. The second-order valence-corrected chi connectivity index (χ2v) is 6.55. The summed E-state index contributed by atoms with van der Waals surface area (Å²) in [6.45, 7) is 6.28. The number of ether oxygens (including phenoxy) is 2. The highest BCUT2D eigenvalue weighted by Crippen LogP contribution is 2.32. The molecule has 0 aromatic heterocycles. The van der Waals surface area contributed by atoms with Gasteiger partial charge in [0, 0.05) is 43.6 Å². The third-order valence-corrected chi connectivity index (χ3v) is 4.82. The predicted octanol–water partition coefficient (Wildman–Crippen LogP) is 3.12. The molecule has 2 aliphatic rings. The van der Waals surface area contributed by atoms with Gasteiger partial charge in [0.25, 0.3) is 0 Å². The largest absolute Gasteiger partial charge is 0.486 e. The van der Waals surface area contributed by atoms with Crippen molar-refractivity contribution < 1.29 is 14.3 Å². The van der Waals surface area contributed by atoms with Crippen molar-refractivity contribution in [1.29, 1.82) is 0 Å². The summed E-state index contributed by atoms with van der Waals surface area (Å²) in [5.41, 5.74) is 3.24. The van der Waals surface area contributed by atoms with E-state index in [-0.39, 0.29) is 6.03 Å². The first-order valence-corrected chi connectivity index (χ1v) is 8.97. The minimum Gasteiger partial charge on any atom is -0.486 e. The molecule has 2 aliphatic heterocycles. The number of rotatable bonds is 2. The van der Waals surface area contributed by atoms with Crippen LogP contribution < -0.4 is 19.7 Å². The van der Waals surface area contributed by atoms with E-state index >= 15 is 0 Å². The molecular formula is C20H23N3O3. The first-order chi connectivity index (χ1) is 12.7. The van der Waals surface area contributed by atoms with Crippen LogP contribution in [0.25, 0.3) is 0 Å². The van der Waals surface area contributed by atoms with E-state index in [0.29, 0.717) is 32.1 Å². The number of piperazine rings is 1. The lowest BCUT2D eigenvalue weighted by atomic mass is 10.1. The molecule has 0 unspecified atom stereocenters. The topological polar surface area (TPSA) is 54.0 Å². The number of nitrogens with zero attached hydrogens (tertiary/aromatic N) is 2. The van der Waals surface area contributed by atoms with Crippen molar-refractivity contribution in [1.82, 2.24) is 4.90 Å². The molecule has 2 aromatic rings. The van der Waals surface area contributed by atoms with Crippen molar-refractivity contribution in [3.05, 3.63) is 48.0 Å². The van der Waals surface area contributed by atoms with Crippen LogP contribution in [0, 0.1) is 6.92 Å². The number of aryl methyl sites for hydroxylation is 1. The van der Waals surface area contributed by atoms with E-state index < -0.39 is 0 Å². The third-order valence-electron chi connectivity index (χ3n) is 4.82. The summed E-state index contributed by atoms with van der Waals surface area (Å²) >= 11 is 0. The lowest BCUT2D eigenvalue weighted by molar-refractivity contribution is 0.171. The minimum absolute atomic E-state index is 0.0777. The van der Waals surface area contributed by atoms with Gasteiger partial charge < -0.3 is 24.6 Å². The molecule has 0 radical (unpaired) electrons. The van der Waals surface area contributed by atoms with Crippen LogP contribution in [-0.4, -0.2) is 50.3 Å². The third kappa shape index (κ3) is 3.40. The van der Waals surface area contributed by atoms with Crippen molar-refractivity contribution in [2.45, 2.75) is 6.92 Å². The molecule has 6 nitrogen and oxygen atoms in total. The molecule has 2 heterocycles. The van der Waals surface area contributed by atoms with Gasteiger partial charge in [-0.05, 0) is 30.7 Å². The van der Waals surface area contributed by atoms with Gasteiger partial charge in [-0.3, -0.25) is 0 Å². The van der Waals surface area contributed by atoms with Crippen LogP contribution in [0.2, 0.25) is 0 Å². The first-order valence-electron chi connectivity index (χ1n) is 8.97. The summed E-state index contributed by atoms with van der Waals surface area (Å²) in [7, 11) is 0. The average molecular weight is 353 g/mol. The Kier molecular flexibility index (Phi) is 4.56. The molecule has 4 rings (SSSR count). The van der Waals surface area contributed by atoms with Crippen molar-refractivity contribution in [3.8, 4) is 11.5 Å². The van der Waals surface area contributed by atoms with E-state index in [1.807, 2.05) is 23.1 Å². The number of para-hydroxylation sites is 1. The van der Waals surface area contributed by atoms with Crippen molar-refractivity contribution in [2.24, 2.45) is 0 Å². The fourth-order valence-electron chi connectivity index (χ4n) is 3.39. The number of hydrogen-bond donors (Lipinski definition) is 1. The van der Waals surface area contributed by atoms with E-state index in [1.165, 1.54) is 11.3 Å². The first kappa shape index (κ1) is 16.6. The number of urea groups is 1. The number of carbonyl (C=O) groups is 1. The number of amides is 2. The zero-order chi connectivity index (χ0) is 17.9. The smallest absolute Gasteiger partial charge is 0.321 e. The Morgan fingerprint density at radius 3 is 2.46 bits per heavy atom. The zero-order valence-electron chi connectivity index (χ0n) is 14.9. The summed E-state index contributed by atoms with van der Waals surface area (Å²) in [6, 6.07) is 13.8. The Bertz CT molecular complexity index is 801. The van der Waals surface area contributed by atoms with Crippen LogP contribution in [0.4, 0.5) is 16.2 Å². The molecule has 1 fully saturated rings. The van der Waals surface area contributed by atoms with Gasteiger partial charge in [0.2, 0.25) is 0 Å². The van der Waals surface area contributed by atoms with Crippen LogP contribution in [0.5, 0.6) is 11.5 Å². The van der Waals surface area contributed by atoms with E-state index in [9.17, 15) is 4.79 Å². The van der Waals surface area contributed by atoms with E-state index in [0.717, 1.165) is 24.5 Å². The molecule has 1 N–H and O–H groups in total. The van der Waals surface area contributed by atoms with E-state index in [4.69, 9.17) is 9.47 Å². The molecule has 0 atom stereocenters. The monoisotopic (exact) mass is 353 g/mol. The maximum Gasteiger partial charge on any atom is 0.321 e. The number of hydrogen-bond acceptors (Lipinski definition) is 4. The van der Waals surface area contributed by atoms with Gasteiger partial charge in [-0.1, -0.05) is 18.2 Å². The van der Waals surface area contributed by atoms with Gasteiger partial charge >= 0.3 is 6.03 Å². The van der Waals surface area contributed by atoms with Gasteiger partial charge in [0.1, 0.15) is 13.2 Å². The highest BCUT2D eigenvalue weighted by Gasteiger charge is 2.22. The second-order valence-electron chi connectivity index (χ2n) is 6.55. The SMILES string of the molecule is Cc1ccccc1N1CCN(C(=O)Nc2ccc3c(c2)OCCO3)CC1. The maximum absolute atomic E-state index is 12.6. The van der Waals surface area contributed by atoms with Crippen LogP contribution in [0.1, 0.15) is 5.56 Å². The molecular weight excluding hydrogens is 330 g/mol. The van der Waals surface area contributed by atoms with Crippen LogP contribution in [-0.2, 0) is 0 Å². The van der Waals surface area contributed by atoms with Crippen LogP contribution in [0.3, 0.4) is 0 Å². The Morgan fingerprint density at radius 1 is 0.962 bits per heavy atom. The van der Waals surface area contributed by atoms with Crippen molar-refractivity contribution in [3.63, 3.8) is 0 Å².